The fourth-order valence-electron chi connectivity index (χ4n) is 3.40. The minimum absolute atomic E-state index is 0.0296. The molecule has 0 fully saturated rings. The third-order valence-electron chi connectivity index (χ3n) is 4.81. The summed E-state index contributed by atoms with van der Waals surface area (Å²) >= 11 is 0. The van der Waals surface area contributed by atoms with Crippen molar-refractivity contribution in [3.05, 3.63) is 53.9 Å². The molecular weight excluding hydrogens is 328 g/mol. The molecule has 0 aliphatic carbocycles. The van der Waals surface area contributed by atoms with Crippen LogP contribution in [0.3, 0.4) is 0 Å². The van der Waals surface area contributed by atoms with Crippen molar-refractivity contribution in [1.82, 2.24) is 34.4 Å². The number of H-pyrrole nitrogens is 1. The Morgan fingerprint density at radius 2 is 2.08 bits per heavy atom. The number of hydrogen-bond acceptors (Lipinski definition) is 6. The van der Waals surface area contributed by atoms with Gasteiger partial charge in [-0.2, -0.15) is 0 Å². The Bertz CT molecular complexity index is 850. The molecule has 1 atom stereocenters. The zero-order valence-electron chi connectivity index (χ0n) is 15.2. The van der Waals surface area contributed by atoms with E-state index < -0.39 is 0 Å². The highest BCUT2D eigenvalue weighted by Gasteiger charge is 2.32. The Balaban J connectivity index is 1.63. The summed E-state index contributed by atoms with van der Waals surface area (Å²) in [5, 5.41) is 3.22. The molecule has 0 bridgehead atoms. The van der Waals surface area contributed by atoms with Crippen LogP contribution in [0.25, 0.3) is 0 Å². The first-order valence-corrected chi connectivity index (χ1v) is 9.04. The minimum atomic E-state index is 0.0296. The van der Waals surface area contributed by atoms with E-state index in [4.69, 9.17) is 0 Å². The first-order chi connectivity index (χ1) is 12.8. The lowest BCUT2D eigenvalue weighted by molar-refractivity contribution is 0.193. The number of anilines is 1. The number of nitrogens with zero attached hydrogens (tertiary/aromatic N) is 6. The summed E-state index contributed by atoms with van der Waals surface area (Å²) < 4.78 is 2.06. The van der Waals surface area contributed by atoms with Crippen LogP contribution in [-0.4, -0.2) is 47.5 Å². The molecule has 0 unspecified atom stereocenters. The Morgan fingerprint density at radius 3 is 2.81 bits per heavy atom. The van der Waals surface area contributed by atoms with E-state index in [1.54, 1.807) is 6.33 Å². The SMILES string of the molecule is CCCNc1ncc([C@@H]2c3nc[nH]c3CCN2Cc2nccn2C)cn1. The number of imidazole rings is 2. The zero-order valence-corrected chi connectivity index (χ0v) is 15.2. The highest BCUT2D eigenvalue weighted by Crippen LogP contribution is 2.33. The Kier molecular flexibility index (Phi) is 4.66. The predicted octanol–water partition coefficient (Wildman–Crippen LogP) is 1.90. The summed E-state index contributed by atoms with van der Waals surface area (Å²) in [7, 11) is 2.03. The van der Waals surface area contributed by atoms with Crippen LogP contribution in [0.1, 0.15) is 42.2 Å². The van der Waals surface area contributed by atoms with Gasteiger partial charge in [-0.15, -0.1) is 0 Å². The van der Waals surface area contributed by atoms with Gasteiger partial charge in [-0.25, -0.2) is 19.9 Å². The van der Waals surface area contributed by atoms with Gasteiger partial charge in [0.25, 0.3) is 0 Å². The molecule has 8 nitrogen and oxygen atoms in total. The van der Waals surface area contributed by atoms with Gasteiger partial charge in [0.15, 0.2) is 0 Å². The third-order valence-corrected chi connectivity index (χ3v) is 4.81. The van der Waals surface area contributed by atoms with Crippen molar-refractivity contribution in [2.24, 2.45) is 7.05 Å². The summed E-state index contributed by atoms with van der Waals surface area (Å²) in [4.78, 5) is 23.7. The summed E-state index contributed by atoms with van der Waals surface area (Å²) in [6, 6.07) is 0.0296. The molecule has 8 heteroatoms. The van der Waals surface area contributed by atoms with Gasteiger partial charge in [-0.1, -0.05) is 6.92 Å². The predicted molar refractivity (Wildman–Crippen MR) is 98.6 cm³/mol. The number of aryl methyl sites for hydroxylation is 1. The van der Waals surface area contributed by atoms with Crippen LogP contribution in [0.4, 0.5) is 5.95 Å². The number of aromatic nitrogens is 6. The Morgan fingerprint density at radius 1 is 1.23 bits per heavy atom. The summed E-state index contributed by atoms with van der Waals surface area (Å²) in [6.07, 6.45) is 11.4. The first-order valence-electron chi connectivity index (χ1n) is 9.04. The van der Waals surface area contributed by atoms with Crippen LogP contribution in [-0.2, 0) is 20.0 Å². The maximum atomic E-state index is 4.59. The number of rotatable bonds is 6. The lowest BCUT2D eigenvalue weighted by Gasteiger charge is -2.34. The molecular formula is C18H24N8. The Hall–Kier alpha value is -2.74. The molecule has 0 saturated carbocycles. The molecule has 1 aliphatic rings. The van der Waals surface area contributed by atoms with Gasteiger partial charge < -0.3 is 14.9 Å². The van der Waals surface area contributed by atoms with Crippen molar-refractivity contribution in [2.45, 2.75) is 32.4 Å². The quantitative estimate of drug-likeness (QED) is 0.704. The van der Waals surface area contributed by atoms with Gasteiger partial charge in [0.05, 0.1) is 24.6 Å². The zero-order chi connectivity index (χ0) is 17.9. The van der Waals surface area contributed by atoms with Gasteiger partial charge in [0.2, 0.25) is 5.95 Å². The van der Waals surface area contributed by atoms with E-state index >= 15 is 0 Å². The normalized spacial score (nSPS) is 17.2. The molecule has 0 saturated heterocycles. The number of hydrogen-bond donors (Lipinski definition) is 2. The fourth-order valence-corrected chi connectivity index (χ4v) is 3.40. The number of aromatic amines is 1. The highest BCUT2D eigenvalue weighted by molar-refractivity contribution is 5.33. The molecule has 4 rings (SSSR count). The molecule has 3 aromatic rings. The largest absolute Gasteiger partial charge is 0.354 e. The van der Waals surface area contributed by atoms with Crippen LogP contribution in [0.5, 0.6) is 0 Å². The molecule has 0 amide bonds. The monoisotopic (exact) mass is 352 g/mol. The van der Waals surface area contributed by atoms with Crippen molar-refractivity contribution in [1.29, 1.82) is 0 Å². The lowest BCUT2D eigenvalue weighted by Crippen LogP contribution is -2.36. The third kappa shape index (κ3) is 3.20. The van der Waals surface area contributed by atoms with E-state index in [-0.39, 0.29) is 6.04 Å². The molecule has 2 N–H and O–H groups in total. The Labute approximate surface area is 152 Å². The van der Waals surface area contributed by atoms with Crippen LogP contribution in [0.15, 0.2) is 31.1 Å². The summed E-state index contributed by atoms with van der Waals surface area (Å²) in [5.41, 5.74) is 3.30. The highest BCUT2D eigenvalue weighted by atomic mass is 15.2. The topological polar surface area (TPSA) is 87.5 Å². The minimum Gasteiger partial charge on any atom is -0.354 e. The molecule has 0 spiro atoms. The van der Waals surface area contributed by atoms with Crippen LogP contribution < -0.4 is 5.32 Å². The molecule has 26 heavy (non-hydrogen) atoms. The molecule has 1 aliphatic heterocycles. The van der Waals surface area contributed by atoms with E-state index in [1.165, 1.54) is 5.69 Å². The van der Waals surface area contributed by atoms with Gasteiger partial charge >= 0.3 is 0 Å². The standard InChI is InChI=1S/C18H24N8/c1-3-5-20-18-21-9-13(10-22-18)17-16-14(23-12-24-16)4-7-26(17)11-15-19-6-8-25(15)2/h6,8-10,12,17H,3-5,7,11H2,1-2H3,(H,23,24)(H,20,21,22)/t17-/m1/s1. The average Bonchev–Trinajstić information content (AvgIpc) is 3.29. The van der Waals surface area contributed by atoms with Crippen LogP contribution >= 0.6 is 0 Å². The van der Waals surface area contributed by atoms with E-state index in [9.17, 15) is 0 Å². The van der Waals surface area contributed by atoms with Crippen molar-refractivity contribution in [3.63, 3.8) is 0 Å². The average molecular weight is 352 g/mol. The molecule has 0 aromatic carbocycles. The van der Waals surface area contributed by atoms with E-state index in [0.717, 1.165) is 49.6 Å². The molecule has 3 aromatic heterocycles. The number of fused-ring (bicyclic) bond motifs is 1. The second kappa shape index (κ2) is 7.25. The van der Waals surface area contributed by atoms with Gasteiger partial charge in [0, 0.05) is 62.6 Å². The number of nitrogens with one attached hydrogen (secondary N) is 2. The maximum Gasteiger partial charge on any atom is 0.222 e. The lowest BCUT2D eigenvalue weighted by atomic mass is 9.97. The summed E-state index contributed by atoms with van der Waals surface area (Å²) in [5.74, 6) is 1.71. The van der Waals surface area contributed by atoms with Gasteiger partial charge in [-0.05, 0) is 6.42 Å². The van der Waals surface area contributed by atoms with Crippen LogP contribution in [0.2, 0.25) is 0 Å². The second-order valence-corrected chi connectivity index (χ2v) is 6.61. The van der Waals surface area contributed by atoms with E-state index in [0.29, 0.717) is 5.95 Å². The molecule has 136 valence electrons. The summed E-state index contributed by atoms with van der Waals surface area (Å²) in [6.45, 7) is 4.69. The maximum absolute atomic E-state index is 4.59. The molecule has 0 radical (unpaired) electrons. The second-order valence-electron chi connectivity index (χ2n) is 6.61. The van der Waals surface area contributed by atoms with Crippen molar-refractivity contribution in [3.8, 4) is 0 Å². The van der Waals surface area contributed by atoms with Gasteiger partial charge in [0.1, 0.15) is 5.82 Å². The fraction of sp³-hybridized carbons (Fsp3) is 0.444. The van der Waals surface area contributed by atoms with Gasteiger partial charge in [-0.3, -0.25) is 4.90 Å². The first kappa shape index (κ1) is 16.7. The van der Waals surface area contributed by atoms with E-state index in [1.807, 2.05) is 31.8 Å². The molecule has 4 heterocycles. The van der Waals surface area contributed by atoms with Crippen molar-refractivity contribution in [2.75, 3.05) is 18.4 Å². The smallest absolute Gasteiger partial charge is 0.222 e. The van der Waals surface area contributed by atoms with Crippen LogP contribution in [0, 0.1) is 0 Å². The van der Waals surface area contributed by atoms with E-state index in [2.05, 4.69) is 46.6 Å². The van der Waals surface area contributed by atoms with Crippen molar-refractivity contribution < 1.29 is 0 Å². The van der Waals surface area contributed by atoms with Crippen molar-refractivity contribution >= 4 is 5.95 Å².